The molecule has 7 rings (SSSR count). The van der Waals surface area contributed by atoms with E-state index in [2.05, 4.69) is 97.7 Å². The number of rotatable bonds is 11. The van der Waals surface area contributed by atoms with E-state index < -0.39 is 0 Å². The molecule has 4 aromatic carbocycles. The first-order chi connectivity index (χ1) is 27.1. The van der Waals surface area contributed by atoms with Crippen molar-refractivity contribution in [2.45, 2.75) is 78.1 Å². The average molecular weight is 769 g/mol. The van der Waals surface area contributed by atoms with Crippen LogP contribution >= 0.6 is 0 Å². The SMILES string of the molecule is C=C(CCC(=O)Oc1ccc2[nH][nH]c2c1)Oc1ccc2[nH][nH]c2c1.C=C/C(=C\C)C(C)(C)c1ccc(O)c(N)c1.Cc1ccc(C(C)(C)C2=CCCC=C2)cc1N. The molecule has 6 aromatic rings. The molecule has 0 saturated heterocycles. The highest BCUT2D eigenvalue weighted by Crippen LogP contribution is 2.36. The minimum Gasteiger partial charge on any atom is -0.506 e. The number of allylic oxidation sites excluding steroid dienone is 8. The van der Waals surface area contributed by atoms with Gasteiger partial charge in [0.15, 0.2) is 0 Å². The minimum absolute atomic E-state index is 0.0404. The summed E-state index contributed by atoms with van der Waals surface area (Å²) in [5.41, 5.74) is 22.8. The number of esters is 1. The molecule has 0 amide bonds. The number of nitrogen functional groups attached to an aromatic ring is 2. The highest BCUT2D eigenvalue weighted by atomic mass is 16.5. The van der Waals surface area contributed by atoms with Crippen LogP contribution < -0.4 is 20.9 Å². The van der Waals surface area contributed by atoms with Gasteiger partial charge in [0.25, 0.3) is 0 Å². The number of aryl methyl sites for hydroxylation is 1. The van der Waals surface area contributed by atoms with Gasteiger partial charge in [-0.05, 0) is 97.0 Å². The van der Waals surface area contributed by atoms with Crippen LogP contribution in [0.15, 0.2) is 133 Å². The largest absolute Gasteiger partial charge is 0.506 e. The summed E-state index contributed by atoms with van der Waals surface area (Å²) in [7, 11) is 0. The van der Waals surface area contributed by atoms with E-state index in [1.807, 2.05) is 62.4 Å². The van der Waals surface area contributed by atoms with Gasteiger partial charge in [-0.3, -0.25) is 25.2 Å². The van der Waals surface area contributed by atoms with Gasteiger partial charge in [0.1, 0.15) is 17.2 Å². The van der Waals surface area contributed by atoms with E-state index in [1.54, 1.807) is 18.2 Å². The van der Waals surface area contributed by atoms with Crippen LogP contribution in [0.5, 0.6) is 17.2 Å². The summed E-state index contributed by atoms with van der Waals surface area (Å²) >= 11 is 0. The summed E-state index contributed by atoms with van der Waals surface area (Å²) in [6.45, 7) is 20.4. The lowest BCUT2D eigenvalue weighted by molar-refractivity contribution is -0.134. The van der Waals surface area contributed by atoms with E-state index in [0.717, 1.165) is 57.3 Å². The Kier molecular flexibility index (Phi) is 13.1. The normalized spacial score (nSPS) is 12.9. The van der Waals surface area contributed by atoms with Gasteiger partial charge in [-0.1, -0.05) is 89.4 Å². The summed E-state index contributed by atoms with van der Waals surface area (Å²) in [6, 6.07) is 22.7. The number of nitrogens with one attached hydrogen (secondary N) is 4. The molecular formula is C47H56N6O4. The summed E-state index contributed by atoms with van der Waals surface area (Å²) in [6.07, 6.45) is 13.6. The molecule has 0 aliphatic heterocycles. The summed E-state index contributed by atoms with van der Waals surface area (Å²) in [5, 5.41) is 21.1. The number of anilines is 2. The topological polar surface area (TPSA) is 171 Å². The third-order valence-electron chi connectivity index (χ3n) is 10.5. The number of hydrogen-bond acceptors (Lipinski definition) is 6. The molecule has 10 nitrogen and oxygen atoms in total. The molecule has 0 atom stereocenters. The Bertz CT molecular complexity index is 2360. The van der Waals surface area contributed by atoms with Crippen LogP contribution in [0.25, 0.3) is 22.1 Å². The third-order valence-corrected chi connectivity index (χ3v) is 10.5. The van der Waals surface area contributed by atoms with Crippen molar-refractivity contribution in [3.63, 3.8) is 0 Å². The van der Waals surface area contributed by atoms with Crippen molar-refractivity contribution in [3.8, 4) is 17.2 Å². The predicted octanol–water partition coefficient (Wildman–Crippen LogP) is 11.1. The van der Waals surface area contributed by atoms with Crippen LogP contribution in [0.4, 0.5) is 11.4 Å². The monoisotopic (exact) mass is 768 g/mol. The number of phenols is 1. The summed E-state index contributed by atoms with van der Waals surface area (Å²) in [5.74, 6) is 1.51. The van der Waals surface area contributed by atoms with Gasteiger partial charge in [-0.2, -0.15) is 0 Å². The molecule has 0 radical (unpaired) electrons. The van der Waals surface area contributed by atoms with E-state index in [1.165, 1.54) is 11.1 Å². The Morgan fingerprint density at radius 3 is 1.89 bits per heavy atom. The van der Waals surface area contributed by atoms with Crippen LogP contribution in [-0.2, 0) is 15.6 Å². The first-order valence-corrected chi connectivity index (χ1v) is 19.1. The first kappa shape index (κ1) is 41.6. The molecule has 0 fully saturated rings. The second kappa shape index (κ2) is 17.9. The molecule has 0 spiro atoms. The lowest BCUT2D eigenvalue weighted by Crippen LogP contribution is -2.20. The fourth-order valence-electron chi connectivity index (χ4n) is 6.50. The maximum absolute atomic E-state index is 11.9. The number of phenolic OH excluding ortho intramolecular Hbond substituents is 1. The Labute approximate surface area is 335 Å². The van der Waals surface area contributed by atoms with Crippen LogP contribution in [-0.4, -0.2) is 31.5 Å². The van der Waals surface area contributed by atoms with Crippen molar-refractivity contribution in [3.05, 3.63) is 150 Å². The minimum atomic E-state index is -0.324. The highest BCUT2D eigenvalue weighted by Gasteiger charge is 2.25. The van der Waals surface area contributed by atoms with Crippen molar-refractivity contribution in [2.24, 2.45) is 0 Å². The van der Waals surface area contributed by atoms with Crippen LogP contribution in [0.2, 0.25) is 0 Å². The third kappa shape index (κ3) is 10.2. The number of aromatic nitrogens is 4. The van der Waals surface area contributed by atoms with E-state index in [-0.39, 0.29) is 29.0 Å². The zero-order chi connectivity index (χ0) is 41.3. The van der Waals surface area contributed by atoms with Crippen molar-refractivity contribution in [1.82, 2.24) is 20.4 Å². The second-order valence-electron chi connectivity index (χ2n) is 15.2. The molecule has 9 N–H and O–H groups in total. The smallest absolute Gasteiger partial charge is 0.311 e. The van der Waals surface area contributed by atoms with E-state index >= 15 is 0 Å². The van der Waals surface area contributed by atoms with Crippen molar-refractivity contribution >= 4 is 39.4 Å². The molecule has 0 saturated carbocycles. The maximum atomic E-state index is 11.9. The zero-order valence-electron chi connectivity index (χ0n) is 33.9. The number of carbonyl (C=O) groups excluding carboxylic acids is 1. The summed E-state index contributed by atoms with van der Waals surface area (Å²) < 4.78 is 10.9. The number of ether oxygens (including phenoxy) is 2. The van der Waals surface area contributed by atoms with Crippen molar-refractivity contribution in [1.29, 1.82) is 0 Å². The number of H-pyrrole nitrogens is 4. The number of carbonyl (C=O) groups is 1. The van der Waals surface area contributed by atoms with Gasteiger partial charge in [0.2, 0.25) is 0 Å². The standard InChI is InChI=1S/C17H16N4O3.C16H21N.C14H19NO/c1-10(23-11-3-5-13-15(8-11)20-18-13)2-7-17(22)24-12-4-6-14-16(9-12)21-19-14;1-12-9-10-14(11-15(12)17)16(2,3)13-7-5-4-6-8-13;1-5-10(6-2)14(3,4)11-7-8-13(16)12(15)9-11/h3-6,8-9,18-21H,1-2,7H2;5,7-11H,4,6,17H2,1-3H3;5-9,16H,1,15H2,2-4H3/b;;10-6+. The first-order valence-electron chi connectivity index (χ1n) is 19.1. The number of aromatic hydroxyl groups is 1. The maximum Gasteiger partial charge on any atom is 0.311 e. The molecular weight excluding hydrogens is 713 g/mol. The van der Waals surface area contributed by atoms with Gasteiger partial charge < -0.3 is 26.0 Å². The van der Waals surface area contributed by atoms with E-state index in [9.17, 15) is 9.90 Å². The van der Waals surface area contributed by atoms with Gasteiger partial charge in [-0.25, -0.2) is 0 Å². The quantitative estimate of drug-likeness (QED) is 0.0173. The Morgan fingerprint density at radius 2 is 1.39 bits per heavy atom. The van der Waals surface area contributed by atoms with E-state index in [0.29, 0.717) is 29.4 Å². The van der Waals surface area contributed by atoms with Crippen LogP contribution in [0.3, 0.4) is 0 Å². The highest BCUT2D eigenvalue weighted by molar-refractivity contribution is 5.80. The van der Waals surface area contributed by atoms with Gasteiger partial charge in [0, 0.05) is 35.1 Å². The number of hydrogen-bond donors (Lipinski definition) is 7. The molecule has 2 aromatic heterocycles. The number of benzene rings is 4. The number of nitrogens with two attached hydrogens (primary N) is 2. The Morgan fingerprint density at radius 1 is 0.789 bits per heavy atom. The predicted molar refractivity (Wildman–Crippen MR) is 235 cm³/mol. The molecule has 2 heterocycles. The number of fused-ring (bicyclic) bond motifs is 2. The molecule has 0 unspecified atom stereocenters. The van der Waals surface area contributed by atoms with Crippen molar-refractivity contribution in [2.75, 3.05) is 11.5 Å². The number of aromatic amines is 4. The van der Waals surface area contributed by atoms with Crippen LogP contribution in [0, 0.1) is 6.92 Å². The Balaban J connectivity index is 0.000000169. The molecule has 10 heteroatoms. The van der Waals surface area contributed by atoms with Gasteiger partial charge in [0.05, 0.1) is 39.9 Å². The molecule has 298 valence electrons. The second-order valence-corrected chi connectivity index (χ2v) is 15.2. The summed E-state index contributed by atoms with van der Waals surface area (Å²) in [4.78, 5) is 11.9. The lowest BCUT2D eigenvalue weighted by atomic mass is 9.75. The average Bonchev–Trinajstić information content (AvgIpc) is 3.16. The molecule has 57 heavy (non-hydrogen) atoms. The lowest BCUT2D eigenvalue weighted by Gasteiger charge is -2.29. The van der Waals surface area contributed by atoms with Gasteiger partial charge >= 0.3 is 5.97 Å². The van der Waals surface area contributed by atoms with Gasteiger partial charge in [-0.15, -0.1) is 0 Å². The fraction of sp³-hybridized carbons (Fsp3) is 0.255. The zero-order valence-corrected chi connectivity index (χ0v) is 33.9. The van der Waals surface area contributed by atoms with E-state index in [4.69, 9.17) is 20.9 Å². The molecule has 1 aliphatic carbocycles. The molecule has 0 bridgehead atoms. The Hall–Kier alpha value is -6.55. The fourth-order valence-corrected chi connectivity index (χ4v) is 6.50. The molecule has 1 aliphatic rings. The van der Waals surface area contributed by atoms with Crippen molar-refractivity contribution < 1.29 is 19.4 Å². The van der Waals surface area contributed by atoms with Crippen LogP contribution in [0.1, 0.15) is 77.0 Å².